The van der Waals surface area contributed by atoms with Gasteiger partial charge in [-0.3, -0.25) is 0 Å². The Morgan fingerprint density at radius 2 is 2.00 bits per heavy atom. The molecule has 0 spiro atoms. The molecular formula is C14H24N2O2. The molecule has 1 aromatic carbocycles. The van der Waals surface area contributed by atoms with Gasteiger partial charge in [0.1, 0.15) is 5.75 Å². The molecule has 0 unspecified atom stereocenters. The van der Waals surface area contributed by atoms with Gasteiger partial charge in [0.25, 0.3) is 0 Å². The SMILES string of the molecule is CCCOc1cccc(NCCNCCOC)c1. The maximum absolute atomic E-state index is 5.58. The van der Waals surface area contributed by atoms with Gasteiger partial charge in [-0.1, -0.05) is 13.0 Å². The number of benzene rings is 1. The first-order valence-corrected chi connectivity index (χ1v) is 6.53. The zero-order valence-electron chi connectivity index (χ0n) is 11.4. The standard InChI is InChI=1S/C14H24N2O2/c1-3-10-18-14-6-4-5-13(12-14)16-8-7-15-9-11-17-2/h4-6,12,15-16H,3,7-11H2,1-2H3. The molecule has 0 aliphatic rings. The second kappa shape index (κ2) is 9.74. The average molecular weight is 252 g/mol. The van der Waals surface area contributed by atoms with Crippen molar-refractivity contribution >= 4 is 5.69 Å². The van der Waals surface area contributed by atoms with Crippen LogP contribution in [0.2, 0.25) is 0 Å². The van der Waals surface area contributed by atoms with E-state index in [2.05, 4.69) is 17.6 Å². The number of nitrogens with one attached hydrogen (secondary N) is 2. The third-order valence-corrected chi connectivity index (χ3v) is 2.42. The first-order valence-electron chi connectivity index (χ1n) is 6.53. The summed E-state index contributed by atoms with van der Waals surface area (Å²) in [6.07, 6.45) is 1.03. The van der Waals surface area contributed by atoms with Crippen LogP contribution in [0.5, 0.6) is 5.75 Å². The molecule has 0 radical (unpaired) electrons. The lowest BCUT2D eigenvalue weighted by Gasteiger charge is -2.10. The Labute approximate surface area is 110 Å². The van der Waals surface area contributed by atoms with E-state index < -0.39 is 0 Å². The minimum Gasteiger partial charge on any atom is -0.494 e. The van der Waals surface area contributed by atoms with E-state index in [1.54, 1.807) is 7.11 Å². The van der Waals surface area contributed by atoms with Crippen LogP contribution in [0.4, 0.5) is 5.69 Å². The summed E-state index contributed by atoms with van der Waals surface area (Å²) in [4.78, 5) is 0. The molecule has 18 heavy (non-hydrogen) atoms. The highest BCUT2D eigenvalue weighted by atomic mass is 16.5. The van der Waals surface area contributed by atoms with Crippen LogP contribution in [0, 0.1) is 0 Å². The van der Waals surface area contributed by atoms with E-state index in [4.69, 9.17) is 9.47 Å². The highest BCUT2D eigenvalue weighted by molar-refractivity contribution is 5.48. The summed E-state index contributed by atoms with van der Waals surface area (Å²) in [7, 11) is 1.71. The Balaban J connectivity index is 2.20. The van der Waals surface area contributed by atoms with E-state index in [0.29, 0.717) is 0 Å². The predicted octanol–water partition coefficient (Wildman–Crippen LogP) is 2.12. The summed E-state index contributed by atoms with van der Waals surface area (Å²) in [6, 6.07) is 8.07. The van der Waals surface area contributed by atoms with Gasteiger partial charge in [-0.05, 0) is 18.6 Å². The van der Waals surface area contributed by atoms with Crippen LogP contribution in [0.25, 0.3) is 0 Å². The molecule has 0 atom stereocenters. The lowest BCUT2D eigenvalue weighted by Crippen LogP contribution is -2.25. The Hall–Kier alpha value is -1.26. The van der Waals surface area contributed by atoms with E-state index in [9.17, 15) is 0 Å². The van der Waals surface area contributed by atoms with Crippen molar-refractivity contribution in [1.29, 1.82) is 0 Å². The molecule has 4 heteroatoms. The predicted molar refractivity (Wildman–Crippen MR) is 75.5 cm³/mol. The number of methoxy groups -OCH3 is 1. The first kappa shape index (κ1) is 14.8. The third-order valence-electron chi connectivity index (χ3n) is 2.42. The quantitative estimate of drug-likeness (QED) is 0.626. The second-order valence-electron chi connectivity index (χ2n) is 4.05. The lowest BCUT2D eigenvalue weighted by molar-refractivity contribution is 0.200. The van der Waals surface area contributed by atoms with E-state index >= 15 is 0 Å². The van der Waals surface area contributed by atoms with Gasteiger partial charge in [0.15, 0.2) is 0 Å². The number of ether oxygens (including phenoxy) is 2. The molecule has 0 amide bonds. The first-order chi connectivity index (χ1) is 8.86. The molecule has 4 nitrogen and oxygen atoms in total. The highest BCUT2D eigenvalue weighted by Crippen LogP contribution is 2.17. The van der Waals surface area contributed by atoms with Crippen LogP contribution >= 0.6 is 0 Å². The van der Waals surface area contributed by atoms with E-state index in [1.165, 1.54) is 0 Å². The summed E-state index contributed by atoms with van der Waals surface area (Å²) in [6.45, 7) is 6.32. The summed E-state index contributed by atoms with van der Waals surface area (Å²) in [5.74, 6) is 0.925. The normalized spacial score (nSPS) is 10.3. The summed E-state index contributed by atoms with van der Waals surface area (Å²) in [5.41, 5.74) is 1.09. The van der Waals surface area contributed by atoms with Crippen molar-refractivity contribution in [2.75, 3.05) is 45.3 Å². The average Bonchev–Trinajstić information content (AvgIpc) is 2.41. The molecule has 0 aliphatic carbocycles. The van der Waals surface area contributed by atoms with Gasteiger partial charge in [-0.25, -0.2) is 0 Å². The van der Waals surface area contributed by atoms with Gasteiger partial charge in [0.05, 0.1) is 13.2 Å². The fraction of sp³-hybridized carbons (Fsp3) is 0.571. The number of anilines is 1. The van der Waals surface area contributed by atoms with Crippen LogP contribution < -0.4 is 15.4 Å². The third kappa shape index (κ3) is 6.47. The molecule has 1 rings (SSSR count). The van der Waals surface area contributed by atoms with Gasteiger partial charge >= 0.3 is 0 Å². The smallest absolute Gasteiger partial charge is 0.121 e. The van der Waals surface area contributed by atoms with Crippen molar-refractivity contribution < 1.29 is 9.47 Å². The van der Waals surface area contributed by atoms with Gasteiger partial charge in [0, 0.05) is 38.5 Å². The second-order valence-corrected chi connectivity index (χ2v) is 4.05. The summed E-state index contributed by atoms with van der Waals surface area (Å²) < 4.78 is 10.5. The molecule has 0 saturated heterocycles. The molecule has 1 aromatic rings. The maximum Gasteiger partial charge on any atom is 0.121 e. The molecule has 2 N–H and O–H groups in total. The van der Waals surface area contributed by atoms with E-state index in [1.807, 2.05) is 24.3 Å². The number of rotatable bonds is 10. The molecule has 0 saturated carbocycles. The van der Waals surface area contributed by atoms with Crippen molar-refractivity contribution in [2.24, 2.45) is 0 Å². The number of hydrogen-bond acceptors (Lipinski definition) is 4. The fourth-order valence-electron chi connectivity index (χ4n) is 1.51. The zero-order chi connectivity index (χ0) is 13.1. The molecule has 0 fully saturated rings. The van der Waals surface area contributed by atoms with Crippen molar-refractivity contribution in [1.82, 2.24) is 5.32 Å². The van der Waals surface area contributed by atoms with Gasteiger partial charge < -0.3 is 20.1 Å². The Kier molecular flexibility index (Phi) is 8.01. The molecular weight excluding hydrogens is 228 g/mol. The van der Waals surface area contributed by atoms with Crippen LogP contribution in [-0.4, -0.2) is 40.0 Å². The molecule has 102 valence electrons. The van der Waals surface area contributed by atoms with Crippen molar-refractivity contribution in [3.05, 3.63) is 24.3 Å². The topological polar surface area (TPSA) is 42.5 Å². The van der Waals surface area contributed by atoms with Crippen molar-refractivity contribution in [3.63, 3.8) is 0 Å². The molecule has 0 aliphatic heterocycles. The monoisotopic (exact) mass is 252 g/mol. The molecule has 0 aromatic heterocycles. The van der Waals surface area contributed by atoms with Gasteiger partial charge in [0.2, 0.25) is 0 Å². The summed E-state index contributed by atoms with van der Waals surface area (Å²) >= 11 is 0. The van der Waals surface area contributed by atoms with Gasteiger partial charge in [-0.15, -0.1) is 0 Å². The minimum absolute atomic E-state index is 0.750. The number of hydrogen-bond donors (Lipinski definition) is 2. The maximum atomic E-state index is 5.58. The molecule has 0 heterocycles. The fourth-order valence-corrected chi connectivity index (χ4v) is 1.51. The van der Waals surface area contributed by atoms with Crippen molar-refractivity contribution in [3.8, 4) is 5.75 Å². The molecule has 0 bridgehead atoms. The Bertz CT molecular complexity index is 318. The zero-order valence-corrected chi connectivity index (χ0v) is 11.4. The largest absolute Gasteiger partial charge is 0.494 e. The van der Waals surface area contributed by atoms with Crippen molar-refractivity contribution in [2.45, 2.75) is 13.3 Å². The Morgan fingerprint density at radius 1 is 1.11 bits per heavy atom. The minimum atomic E-state index is 0.750. The Morgan fingerprint density at radius 3 is 2.78 bits per heavy atom. The highest BCUT2D eigenvalue weighted by Gasteiger charge is 1.96. The van der Waals surface area contributed by atoms with Crippen LogP contribution in [0.15, 0.2) is 24.3 Å². The lowest BCUT2D eigenvalue weighted by atomic mass is 10.3. The van der Waals surface area contributed by atoms with E-state index in [0.717, 1.165) is 50.7 Å². The van der Waals surface area contributed by atoms with E-state index in [-0.39, 0.29) is 0 Å². The summed E-state index contributed by atoms with van der Waals surface area (Å²) in [5, 5.41) is 6.64. The van der Waals surface area contributed by atoms with Gasteiger partial charge in [-0.2, -0.15) is 0 Å². The van der Waals surface area contributed by atoms with Crippen LogP contribution in [0.3, 0.4) is 0 Å². The van der Waals surface area contributed by atoms with Crippen LogP contribution in [-0.2, 0) is 4.74 Å². The van der Waals surface area contributed by atoms with Crippen LogP contribution in [0.1, 0.15) is 13.3 Å².